The third kappa shape index (κ3) is 4.48. The van der Waals surface area contributed by atoms with Gasteiger partial charge in [-0.1, -0.05) is 0 Å². The van der Waals surface area contributed by atoms with E-state index in [0.717, 1.165) is 24.0 Å². The minimum atomic E-state index is -0.105. The number of aliphatic hydroxyl groups excluding tert-OH is 1. The molecule has 1 saturated carbocycles. The fourth-order valence-corrected chi connectivity index (χ4v) is 2.14. The van der Waals surface area contributed by atoms with Crippen LogP contribution in [0.15, 0.2) is 24.5 Å². The maximum absolute atomic E-state index is 11.8. The molecule has 1 aliphatic carbocycles. The van der Waals surface area contributed by atoms with Crippen molar-refractivity contribution in [2.45, 2.75) is 32.2 Å². The summed E-state index contributed by atoms with van der Waals surface area (Å²) in [4.78, 5) is 15.9. The summed E-state index contributed by atoms with van der Waals surface area (Å²) >= 11 is 0. The summed E-state index contributed by atoms with van der Waals surface area (Å²) in [7, 11) is 0. The van der Waals surface area contributed by atoms with Gasteiger partial charge in [0.25, 0.3) is 0 Å². The first-order valence-corrected chi connectivity index (χ1v) is 6.70. The number of carbonyl (C=O) groups is 1. The third-order valence-electron chi connectivity index (χ3n) is 3.28. The van der Waals surface area contributed by atoms with E-state index in [9.17, 15) is 4.79 Å². The minimum absolute atomic E-state index is 0.105. The molecule has 0 radical (unpaired) electrons. The second-order valence-corrected chi connectivity index (χ2v) is 5.09. The Hall–Kier alpha value is -1.68. The van der Waals surface area contributed by atoms with Gasteiger partial charge in [0.15, 0.2) is 0 Å². The molecular formula is C15H20N2O2. The van der Waals surface area contributed by atoms with Gasteiger partial charge >= 0.3 is 0 Å². The predicted octanol–water partition coefficient (Wildman–Crippen LogP) is 1.68. The third-order valence-corrected chi connectivity index (χ3v) is 3.28. The molecule has 1 fully saturated rings. The van der Waals surface area contributed by atoms with E-state index >= 15 is 0 Å². The fourth-order valence-electron chi connectivity index (χ4n) is 2.14. The molecule has 0 aromatic carbocycles. The second-order valence-electron chi connectivity index (χ2n) is 5.09. The van der Waals surface area contributed by atoms with E-state index in [1.165, 1.54) is 6.08 Å². The number of hydrogen-bond acceptors (Lipinski definition) is 3. The van der Waals surface area contributed by atoms with E-state index in [0.29, 0.717) is 12.3 Å². The van der Waals surface area contributed by atoms with Crippen LogP contribution in [0.3, 0.4) is 0 Å². The van der Waals surface area contributed by atoms with Crippen LogP contribution in [-0.4, -0.2) is 28.6 Å². The number of hydrogen-bond donors (Lipinski definition) is 2. The molecule has 102 valence electrons. The van der Waals surface area contributed by atoms with Crippen LogP contribution in [0.2, 0.25) is 0 Å². The van der Waals surface area contributed by atoms with Crippen molar-refractivity contribution in [2.75, 3.05) is 6.61 Å². The highest BCUT2D eigenvalue weighted by molar-refractivity contribution is 5.91. The first-order valence-electron chi connectivity index (χ1n) is 6.70. The lowest BCUT2D eigenvalue weighted by atomic mass is 10.1. The SMILES string of the molecule is Cc1cncc(/C=C/C(=O)NC(CCO)C2CC2)c1. The van der Waals surface area contributed by atoms with Crippen LogP contribution in [-0.2, 0) is 4.79 Å². The number of rotatable bonds is 6. The molecule has 2 N–H and O–H groups in total. The molecule has 0 bridgehead atoms. The second kappa shape index (κ2) is 6.48. The van der Waals surface area contributed by atoms with Crippen LogP contribution in [0.4, 0.5) is 0 Å². The fraction of sp³-hybridized carbons (Fsp3) is 0.467. The Kier molecular flexibility index (Phi) is 4.68. The molecule has 4 heteroatoms. The maximum atomic E-state index is 11.8. The zero-order valence-corrected chi connectivity index (χ0v) is 11.2. The maximum Gasteiger partial charge on any atom is 0.244 e. The molecule has 1 unspecified atom stereocenters. The van der Waals surface area contributed by atoms with Gasteiger partial charge in [0.05, 0.1) is 0 Å². The van der Waals surface area contributed by atoms with Crippen molar-refractivity contribution in [1.29, 1.82) is 0 Å². The summed E-state index contributed by atoms with van der Waals surface area (Å²) in [6.45, 7) is 2.09. The molecule has 0 spiro atoms. The Morgan fingerprint density at radius 2 is 2.37 bits per heavy atom. The van der Waals surface area contributed by atoms with Gasteiger partial charge in [-0.05, 0) is 55.4 Å². The van der Waals surface area contributed by atoms with Crippen molar-refractivity contribution in [2.24, 2.45) is 5.92 Å². The van der Waals surface area contributed by atoms with Crippen molar-refractivity contribution >= 4 is 12.0 Å². The van der Waals surface area contributed by atoms with Crippen molar-refractivity contribution in [3.05, 3.63) is 35.7 Å². The molecule has 1 amide bonds. The van der Waals surface area contributed by atoms with Gasteiger partial charge in [-0.2, -0.15) is 0 Å². The summed E-state index contributed by atoms with van der Waals surface area (Å²) in [5.41, 5.74) is 1.99. The van der Waals surface area contributed by atoms with Crippen molar-refractivity contribution in [1.82, 2.24) is 10.3 Å². The predicted molar refractivity (Wildman–Crippen MR) is 74.4 cm³/mol. The average Bonchev–Trinajstić information content (AvgIpc) is 3.20. The molecule has 0 saturated heterocycles. The smallest absolute Gasteiger partial charge is 0.244 e. The number of carbonyl (C=O) groups excluding carboxylic acids is 1. The molecule has 4 nitrogen and oxygen atoms in total. The Bertz CT molecular complexity index is 467. The van der Waals surface area contributed by atoms with Crippen LogP contribution >= 0.6 is 0 Å². The van der Waals surface area contributed by atoms with Crippen LogP contribution in [0.1, 0.15) is 30.4 Å². The molecule has 19 heavy (non-hydrogen) atoms. The highest BCUT2D eigenvalue weighted by Crippen LogP contribution is 2.33. The van der Waals surface area contributed by atoms with E-state index in [4.69, 9.17) is 5.11 Å². The van der Waals surface area contributed by atoms with Gasteiger partial charge in [-0.3, -0.25) is 9.78 Å². The van der Waals surface area contributed by atoms with E-state index in [1.54, 1.807) is 18.5 Å². The highest BCUT2D eigenvalue weighted by atomic mass is 16.3. The zero-order chi connectivity index (χ0) is 13.7. The Morgan fingerprint density at radius 1 is 1.58 bits per heavy atom. The monoisotopic (exact) mass is 260 g/mol. The number of amides is 1. The van der Waals surface area contributed by atoms with Gasteiger partial charge in [0.2, 0.25) is 5.91 Å². The molecule has 1 aromatic heterocycles. The highest BCUT2D eigenvalue weighted by Gasteiger charge is 2.31. The normalized spacial score (nSPS) is 16.5. The Balaban J connectivity index is 1.89. The van der Waals surface area contributed by atoms with Gasteiger partial charge in [-0.25, -0.2) is 0 Å². The number of aliphatic hydroxyl groups is 1. The summed E-state index contributed by atoms with van der Waals surface area (Å²) in [6, 6.07) is 2.08. The molecule has 2 rings (SSSR count). The molecule has 1 aliphatic rings. The van der Waals surface area contributed by atoms with Crippen LogP contribution in [0, 0.1) is 12.8 Å². The molecule has 1 aromatic rings. The number of aryl methyl sites for hydroxylation is 1. The lowest BCUT2D eigenvalue weighted by molar-refractivity contribution is -0.117. The summed E-state index contributed by atoms with van der Waals surface area (Å²) in [6.07, 6.45) is 9.73. The number of pyridine rings is 1. The number of nitrogens with one attached hydrogen (secondary N) is 1. The lowest BCUT2D eigenvalue weighted by Crippen LogP contribution is -2.36. The molecule has 0 aliphatic heterocycles. The first kappa shape index (κ1) is 13.7. The quantitative estimate of drug-likeness (QED) is 0.765. The van der Waals surface area contributed by atoms with Crippen LogP contribution in [0.5, 0.6) is 0 Å². The van der Waals surface area contributed by atoms with E-state index in [2.05, 4.69) is 10.3 Å². The van der Waals surface area contributed by atoms with Crippen LogP contribution < -0.4 is 5.32 Å². The topological polar surface area (TPSA) is 62.2 Å². The van der Waals surface area contributed by atoms with E-state index < -0.39 is 0 Å². The Labute approximate surface area is 113 Å². The summed E-state index contributed by atoms with van der Waals surface area (Å²) < 4.78 is 0. The van der Waals surface area contributed by atoms with Crippen molar-refractivity contribution < 1.29 is 9.90 Å². The lowest BCUT2D eigenvalue weighted by Gasteiger charge is -2.15. The van der Waals surface area contributed by atoms with Crippen LogP contribution in [0.25, 0.3) is 6.08 Å². The standard InChI is InChI=1S/C15H20N2O2/c1-11-8-12(10-16-9-11)2-5-15(19)17-14(6-7-18)13-3-4-13/h2,5,8-10,13-14,18H,3-4,6-7H2,1H3,(H,17,19)/b5-2+. The number of nitrogens with zero attached hydrogens (tertiary/aromatic N) is 1. The van der Waals surface area contributed by atoms with Gasteiger partial charge in [0, 0.05) is 31.1 Å². The summed E-state index contributed by atoms with van der Waals surface area (Å²) in [5.74, 6) is 0.442. The largest absolute Gasteiger partial charge is 0.396 e. The Morgan fingerprint density at radius 3 is 3.00 bits per heavy atom. The minimum Gasteiger partial charge on any atom is -0.396 e. The zero-order valence-electron chi connectivity index (χ0n) is 11.2. The van der Waals surface area contributed by atoms with Gasteiger partial charge in [0.1, 0.15) is 0 Å². The van der Waals surface area contributed by atoms with Crippen molar-refractivity contribution in [3.63, 3.8) is 0 Å². The van der Waals surface area contributed by atoms with E-state index in [1.807, 2.05) is 13.0 Å². The first-order chi connectivity index (χ1) is 9.19. The van der Waals surface area contributed by atoms with E-state index in [-0.39, 0.29) is 18.6 Å². The molecule has 1 atom stereocenters. The number of aromatic nitrogens is 1. The van der Waals surface area contributed by atoms with Gasteiger partial charge < -0.3 is 10.4 Å². The van der Waals surface area contributed by atoms with Crippen molar-refractivity contribution in [3.8, 4) is 0 Å². The molecule has 1 heterocycles. The van der Waals surface area contributed by atoms with Gasteiger partial charge in [-0.15, -0.1) is 0 Å². The average molecular weight is 260 g/mol. The molecular weight excluding hydrogens is 240 g/mol. The summed E-state index contributed by atoms with van der Waals surface area (Å²) in [5, 5.41) is 11.9.